The van der Waals surface area contributed by atoms with Gasteiger partial charge in [0, 0.05) is 5.69 Å². The Labute approximate surface area is 98.3 Å². The third-order valence-corrected chi connectivity index (χ3v) is 3.25. The first-order valence-corrected chi connectivity index (χ1v) is 5.78. The van der Waals surface area contributed by atoms with Crippen molar-refractivity contribution in [3.63, 3.8) is 0 Å². The molecule has 1 aromatic rings. The summed E-state index contributed by atoms with van der Waals surface area (Å²) < 4.78 is 0. The molecule has 0 aromatic heterocycles. The number of rotatable bonds is 4. The molecule has 2 atom stereocenters. The highest BCUT2D eigenvalue weighted by atomic mass is 15.0. The molecule has 0 aliphatic heterocycles. The van der Waals surface area contributed by atoms with Crippen molar-refractivity contribution in [1.82, 2.24) is 0 Å². The van der Waals surface area contributed by atoms with E-state index in [0.717, 1.165) is 12.1 Å². The fraction of sp³-hybridized carbons (Fsp3) is 0.500. The Bertz CT molecular complexity index is 392. The van der Waals surface area contributed by atoms with Gasteiger partial charge < -0.3 is 5.32 Å². The third kappa shape index (κ3) is 2.76. The molecule has 1 rings (SSSR count). The van der Waals surface area contributed by atoms with Gasteiger partial charge in [-0.25, -0.2) is 0 Å². The minimum absolute atomic E-state index is 0.318. The Kier molecular flexibility index (Phi) is 3.95. The van der Waals surface area contributed by atoms with Crippen LogP contribution in [0.5, 0.6) is 0 Å². The average molecular weight is 216 g/mol. The molecule has 86 valence electrons. The number of aryl methyl sites for hydroxylation is 1. The standard InChI is InChI=1S/C14H20N2/c1-5-12(3)14(4,10-15)16-13-8-6-7-11(2)9-13/h6-9,12,16H,5H2,1-4H3. The van der Waals surface area contributed by atoms with Gasteiger partial charge in [-0.05, 0) is 37.5 Å². The fourth-order valence-corrected chi connectivity index (χ4v) is 1.69. The molecule has 0 spiro atoms. The summed E-state index contributed by atoms with van der Waals surface area (Å²) in [6.07, 6.45) is 0.989. The molecular formula is C14H20N2. The lowest BCUT2D eigenvalue weighted by molar-refractivity contribution is 0.415. The van der Waals surface area contributed by atoms with Crippen LogP contribution in [0.4, 0.5) is 5.69 Å². The van der Waals surface area contributed by atoms with Crippen LogP contribution in [0.2, 0.25) is 0 Å². The van der Waals surface area contributed by atoms with Crippen LogP contribution in [0, 0.1) is 24.2 Å². The Morgan fingerprint density at radius 1 is 1.50 bits per heavy atom. The van der Waals surface area contributed by atoms with Crippen molar-refractivity contribution in [2.75, 3.05) is 5.32 Å². The highest BCUT2D eigenvalue weighted by Gasteiger charge is 2.29. The van der Waals surface area contributed by atoms with E-state index >= 15 is 0 Å². The number of benzene rings is 1. The monoisotopic (exact) mass is 216 g/mol. The smallest absolute Gasteiger partial charge is 0.125 e. The first-order chi connectivity index (χ1) is 7.51. The zero-order chi connectivity index (χ0) is 12.2. The molecule has 0 heterocycles. The quantitative estimate of drug-likeness (QED) is 0.832. The van der Waals surface area contributed by atoms with Crippen LogP contribution in [0.1, 0.15) is 32.8 Å². The molecule has 0 amide bonds. The molecule has 1 aromatic carbocycles. The summed E-state index contributed by atoms with van der Waals surface area (Å²) in [4.78, 5) is 0. The molecule has 0 aliphatic rings. The van der Waals surface area contributed by atoms with E-state index in [-0.39, 0.29) is 0 Å². The molecule has 0 bridgehead atoms. The van der Waals surface area contributed by atoms with E-state index in [4.69, 9.17) is 0 Å². The molecule has 0 radical (unpaired) electrons. The summed E-state index contributed by atoms with van der Waals surface area (Å²) in [5.41, 5.74) is 1.72. The second kappa shape index (κ2) is 5.03. The van der Waals surface area contributed by atoms with Crippen LogP contribution in [0.25, 0.3) is 0 Å². The minimum Gasteiger partial charge on any atom is -0.367 e. The van der Waals surface area contributed by atoms with Gasteiger partial charge in [0.05, 0.1) is 6.07 Å². The third-order valence-electron chi connectivity index (χ3n) is 3.25. The molecule has 2 nitrogen and oxygen atoms in total. The van der Waals surface area contributed by atoms with E-state index in [2.05, 4.69) is 44.3 Å². The Balaban J connectivity index is 2.90. The van der Waals surface area contributed by atoms with Crippen molar-refractivity contribution in [2.24, 2.45) is 5.92 Å². The van der Waals surface area contributed by atoms with Crippen LogP contribution < -0.4 is 5.32 Å². The predicted octanol–water partition coefficient (Wildman–Crippen LogP) is 3.74. The van der Waals surface area contributed by atoms with Gasteiger partial charge in [0.2, 0.25) is 0 Å². The van der Waals surface area contributed by atoms with E-state index in [1.165, 1.54) is 5.56 Å². The van der Waals surface area contributed by atoms with Gasteiger partial charge in [0.15, 0.2) is 0 Å². The summed E-state index contributed by atoms with van der Waals surface area (Å²) in [6, 6.07) is 10.5. The van der Waals surface area contributed by atoms with Gasteiger partial charge in [-0.3, -0.25) is 0 Å². The lowest BCUT2D eigenvalue weighted by Gasteiger charge is -2.30. The second-order valence-corrected chi connectivity index (χ2v) is 4.62. The predicted molar refractivity (Wildman–Crippen MR) is 68.3 cm³/mol. The van der Waals surface area contributed by atoms with E-state index in [0.29, 0.717) is 5.92 Å². The largest absolute Gasteiger partial charge is 0.367 e. The molecule has 2 unspecified atom stereocenters. The van der Waals surface area contributed by atoms with Crippen LogP contribution in [-0.4, -0.2) is 5.54 Å². The molecule has 16 heavy (non-hydrogen) atoms. The van der Waals surface area contributed by atoms with Crippen molar-refractivity contribution >= 4 is 5.69 Å². The van der Waals surface area contributed by atoms with Gasteiger partial charge in [-0.1, -0.05) is 32.4 Å². The summed E-state index contributed by atoms with van der Waals surface area (Å²) in [7, 11) is 0. The normalized spacial score (nSPS) is 15.9. The summed E-state index contributed by atoms with van der Waals surface area (Å²) in [5, 5.41) is 12.6. The first-order valence-electron chi connectivity index (χ1n) is 5.78. The maximum Gasteiger partial charge on any atom is 0.125 e. The first kappa shape index (κ1) is 12.6. The lowest BCUT2D eigenvalue weighted by Crippen LogP contribution is -2.39. The highest BCUT2D eigenvalue weighted by molar-refractivity contribution is 5.49. The van der Waals surface area contributed by atoms with Crippen molar-refractivity contribution in [3.05, 3.63) is 29.8 Å². The van der Waals surface area contributed by atoms with Gasteiger partial charge >= 0.3 is 0 Å². The van der Waals surface area contributed by atoms with Gasteiger partial charge in [-0.15, -0.1) is 0 Å². The van der Waals surface area contributed by atoms with Crippen LogP contribution in [0.15, 0.2) is 24.3 Å². The fourth-order valence-electron chi connectivity index (χ4n) is 1.69. The number of nitrogens with zero attached hydrogens (tertiary/aromatic N) is 1. The molecule has 0 aliphatic carbocycles. The number of nitriles is 1. The molecular weight excluding hydrogens is 196 g/mol. The maximum atomic E-state index is 9.30. The van der Waals surface area contributed by atoms with Gasteiger partial charge in [0.1, 0.15) is 5.54 Å². The SMILES string of the molecule is CCC(C)C(C)(C#N)Nc1cccc(C)c1. The van der Waals surface area contributed by atoms with Crippen molar-refractivity contribution < 1.29 is 0 Å². The van der Waals surface area contributed by atoms with Crippen molar-refractivity contribution in [3.8, 4) is 6.07 Å². The van der Waals surface area contributed by atoms with Crippen LogP contribution in [0.3, 0.4) is 0 Å². The van der Waals surface area contributed by atoms with E-state index < -0.39 is 5.54 Å². The zero-order valence-electron chi connectivity index (χ0n) is 10.5. The van der Waals surface area contributed by atoms with Crippen molar-refractivity contribution in [1.29, 1.82) is 5.26 Å². The Hall–Kier alpha value is -1.49. The summed E-state index contributed by atoms with van der Waals surface area (Å²) >= 11 is 0. The van der Waals surface area contributed by atoms with Crippen LogP contribution in [-0.2, 0) is 0 Å². The van der Waals surface area contributed by atoms with E-state index in [9.17, 15) is 5.26 Å². The average Bonchev–Trinajstić information content (AvgIpc) is 2.27. The topological polar surface area (TPSA) is 35.8 Å². The van der Waals surface area contributed by atoms with Crippen LogP contribution >= 0.6 is 0 Å². The molecule has 0 fully saturated rings. The second-order valence-electron chi connectivity index (χ2n) is 4.62. The van der Waals surface area contributed by atoms with Crippen molar-refractivity contribution in [2.45, 2.75) is 39.7 Å². The van der Waals surface area contributed by atoms with Gasteiger partial charge in [0.25, 0.3) is 0 Å². The minimum atomic E-state index is -0.497. The van der Waals surface area contributed by atoms with Gasteiger partial charge in [-0.2, -0.15) is 5.26 Å². The Morgan fingerprint density at radius 2 is 2.19 bits per heavy atom. The lowest BCUT2D eigenvalue weighted by atomic mass is 9.86. The number of nitrogens with one attached hydrogen (secondary N) is 1. The number of hydrogen-bond donors (Lipinski definition) is 1. The maximum absolute atomic E-state index is 9.30. The molecule has 2 heteroatoms. The Morgan fingerprint density at radius 3 is 2.69 bits per heavy atom. The van der Waals surface area contributed by atoms with E-state index in [1.54, 1.807) is 0 Å². The molecule has 0 saturated heterocycles. The summed E-state index contributed by atoms with van der Waals surface area (Å²) in [5.74, 6) is 0.318. The molecule has 0 saturated carbocycles. The zero-order valence-corrected chi connectivity index (χ0v) is 10.5. The van der Waals surface area contributed by atoms with E-state index in [1.807, 2.05) is 19.1 Å². The number of hydrogen-bond acceptors (Lipinski definition) is 2. The number of anilines is 1. The summed E-state index contributed by atoms with van der Waals surface area (Å²) in [6.45, 7) is 8.23. The molecule has 1 N–H and O–H groups in total. The highest BCUT2D eigenvalue weighted by Crippen LogP contribution is 2.25.